The van der Waals surface area contributed by atoms with Crippen LogP contribution in [0.2, 0.25) is 0 Å². The molecule has 4 heterocycles. The van der Waals surface area contributed by atoms with Gasteiger partial charge in [-0.3, -0.25) is 15.2 Å². The number of carbonyl (C=O) groups excluding carboxylic acids is 1. The summed E-state index contributed by atoms with van der Waals surface area (Å²) in [7, 11) is 0. The van der Waals surface area contributed by atoms with Crippen molar-refractivity contribution in [3.05, 3.63) is 72.6 Å². The minimum Gasteiger partial charge on any atom is -0.444 e. The van der Waals surface area contributed by atoms with Crippen molar-refractivity contribution in [1.82, 2.24) is 9.88 Å². The number of amides is 1. The van der Waals surface area contributed by atoms with Crippen LogP contribution in [0.5, 0.6) is 0 Å². The molecule has 0 saturated carbocycles. The van der Waals surface area contributed by atoms with Crippen molar-refractivity contribution in [3.63, 3.8) is 0 Å². The lowest BCUT2D eigenvalue weighted by atomic mass is 9.78. The minimum absolute atomic E-state index is 0.0901. The normalized spacial score (nSPS) is 25.7. The quantitative estimate of drug-likeness (QED) is 0.717. The van der Waals surface area contributed by atoms with E-state index in [1.807, 2.05) is 54.7 Å². The lowest BCUT2D eigenvalue weighted by Crippen LogP contribution is -2.60. The average Bonchev–Trinajstić information content (AvgIpc) is 2.77. The Morgan fingerprint density at radius 2 is 1.90 bits per heavy atom. The van der Waals surface area contributed by atoms with E-state index in [2.05, 4.69) is 21.3 Å². The molecule has 5 heteroatoms. The number of piperidine rings is 3. The second-order valence-corrected chi connectivity index (χ2v) is 8.03. The van der Waals surface area contributed by atoms with Gasteiger partial charge in [-0.1, -0.05) is 42.5 Å². The molecule has 2 atom stereocenters. The monoisotopic (exact) mass is 387 g/mol. The SMILES string of the molecule is O=C(Nc1cccc2ccccc12)O[C@H]1C2CCN(CC2)[C@H]1Cc1cccnc1. The van der Waals surface area contributed by atoms with Gasteiger partial charge in [0.15, 0.2) is 0 Å². The summed E-state index contributed by atoms with van der Waals surface area (Å²) in [6, 6.07) is 18.3. The lowest BCUT2D eigenvalue weighted by Gasteiger charge is -2.50. The molecule has 1 N–H and O–H groups in total. The molecule has 3 aromatic rings. The van der Waals surface area contributed by atoms with E-state index in [-0.39, 0.29) is 18.2 Å². The number of pyridine rings is 1. The van der Waals surface area contributed by atoms with Crippen LogP contribution in [0.3, 0.4) is 0 Å². The van der Waals surface area contributed by atoms with E-state index in [9.17, 15) is 4.79 Å². The van der Waals surface area contributed by atoms with Crippen LogP contribution < -0.4 is 5.32 Å². The Morgan fingerprint density at radius 1 is 1.07 bits per heavy atom. The highest BCUT2D eigenvalue weighted by Crippen LogP contribution is 2.36. The van der Waals surface area contributed by atoms with Gasteiger partial charge in [0.1, 0.15) is 6.10 Å². The van der Waals surface area contributed by atoms with Gasteiger partial charge < -0.3 is 4.74 Å². The van der Waals surface area contributed by atoms with E-state index < -0.39 is 0 Å². The van der Waals surface area contributed by atoms with Crippen molar-refractivity contribution in [1.29, 1.82) is 0 Å². The summed E-state index contributed by atoms with van der Waals surface area (Å²) in [5.41, 5.74) is 1.98. The van der Waals surface area contributed by atoms with Crippen molar-refractivity contribution < 1.29 is 9.53 Å². The van der Waals surface area contributed by atoms with Gasteiger partial charge in [0, 0.05) is 23.7 Å². The topological polar surface area (TPSA) is 54.5 Å². The maximum atomic E-state index is 12.8. The van der Waals surface area contributed by atoms with Crippen molar-refractivity contribution in [3.8, 4) is 0 Å². The van der Waals surface area contributed by atoms with Crippen LogP contribution in [0, 0.1) is 5.92 Å². The summed E-state index contributed by atoms with van der Waals surface area (Å²) in [5.74, 6) is 0.430. The van der Waals surface area contributed by atoms with E-state index >= 15 is 0 Å². The van der Waals surface area contributed by atoms with E-state index in [0.29, 0.717) is 5.92 Å². The highest BCUT2D eigenvalue weighted by atomic mass is 16.6. The first kappa shape index (κ1) is 18.1. The predicted octanol–water partition coefficient (Wildman–Crippen LogP) is 4.49. The second-order valence-electron chi connectivity index (χ2n) is 8.03. The van der Waals surface area contributed by atoms with Crippen molar-refractivity contribution in [2.24, 2.45) is 5.92 Å². The number of hydrogen-bond donors (Lipinski definition) is 1. The summed E-state index contributed by atoms with van der Waals surface area (Å²) in [4.78, 5) is 19.6. The number of rotatable bonds is 4. The molecule has 5 nitrogen and oxygen atoms in total. The third-order valence-corrected chi connectivity index (χ3v) is 6.32. The molecule has 2 bridgehead atoms. The molecule has 29 heavy (non-hydrogen) atoms. The molecule has 0 aliphatic carbocycles. The number of nitrogens with one attached hydrogen (secondary N) is 1. The first-order valence-electron chi connectivity index (χ1n) is 10.4. The van der Waals surface area contributed by atoms with Gasteiger partial charge in [0.05, 0.1) is 11.7 Å². The largest absolute Gasteiger partial charge is 0.444 e. The molecule has 1 amide bonds. The molecular formula is C24H25N3O2. The van der Waals surface area contributed by atoms with Crippen LogP contribution in [0.25, 0.3) is 10.8 Å². The van der Waals surface area contributed by atoms with Crippen LogP contribution in [-0.2, 0) is 11.2 Å². The first-order chi connectivity index (χ1) is 14.3. The molecule has 6 rings (SSSR count). The molecule has 3 aliphatic rings. The predicted molar refractivity (Wildman–Crippen MR) is 114 cm³/mol. The Hall–Kier alpha value is -2.92. The van der Waals surface area contributed by atoms with Crippen molar-refractivity contribution >= 4 is 22.6 Å². The Balaban J connectivity index is 1.34. The zero-order valence-corrected chi connectivity index (χ0v) is 16.3. The number of fused-ring (bicyclic) bond motifs is 4. The number of aromatic nitrogens is 1. The number of anilines is 1. The molecule has 3 fully saturated rings. The summed E-state index contributed by atoms with van der Waals surface area (Å²) >= 11 is 0. The lowest BCUT2D eigenvalue weighted by molar-refractivity contribution is -0.0741. The highest BCUT2D eigenvalue weighted by molar-refractivity contribution is 6.00. The first-order valence-corrected chi connectivity index (χ1v) is 10.4. The zero-order chi connectivity index (χ0) is 19.6. The van der Waals surface area contributed by atoms with E-state index in [4.69, 9.17) is 4.74 Å². The average molecular weight is 387 g/mol. The van der Waals surface area contributed by atoms with Crippen molar-refractivity contribution in [2.75, 3.05) is 18.4 Å². The molecule has 2 aromatic carbocycles. The Kier molecular flexibility index (Phi) is 4.90. The number of hydrogen-bond acceptors (Lipinski definition) is 4. The highest BCUT2D eigenvalue weighted by Gasteiger charge is 2.44. The van der Waals surface area contributed by atoms with Crippen LogP contribution >= 0.6 is 0 Å². The van der Waals surface area contributed by atoms with Gasteiger partial charge in [-0.2, -0.15) is 0 Å². The molecule has 3 saturated heterocycles. The third kappa shape index (κ3) is 3.70. The number of ether oxygens (including phenoxy) is 1. The fourth-order valence-corrected chi connectivity index (χ4v) is 4.88. The van der Waals surface area contributed by atoms with Gasteiger partial charge in [-0.15, -0.1) is 0 Å². The van der Waals surface area contributed by atoms with Gasteiger partial charge in [0.2, 0.25) is 0 Å². The number of nitrogens with zero attached hydrogens (tertiary/aromatic N) is 2. The fourth-order valence-electron chi connectivity index (χ4n) is 4.88. The third-order valence-electron chi connectivity index (χ3n) is 6.32. The zero-order valence-electron chi connectivity index (χ0n) is 16.3. The van der Waals surface area contributed by atoms with Gasteiger partial charge >= 0.3 is 6.09 Å². The van der Waals surface area contributed by atoms with Gasteiger partial charge in [-0.25, -0.2) is 4.79 Å². The fraction of sp³-hybridized carbons (Fsp3) is 0.333. The summed E-state index contributed by atoms with van der Waals surface area (Å²) < 4.78 is 6.05. The number of carbonyl (C=O) groups is 1. The van der Waals surface area contributed by atoms with Crippen LogP contribution in [-0.4, -0.2) is 41.2 Å². The van der Waals surface area contributed by atoms with Crippen LogP contribution in [0.1, 0.15) is 18.4 Å². The van der Waals surface area contributed by atoms with Gasteiger partial charge in [-0.05, 0) is 55.4 Å². The Labute approximate surface area is 170 Å². The van der Waals surface area contributed by atoms with E-state index in [1.165, 1.54) is 5.56 Å². The summed E-state index contributed by atoms with van der Waals surface area (Å²) in [6.45, 7) is 2.17. The molecule has 1 aromatic heterocycles. The van der Waals surface area contributed by atoms with Crippen LogP contribution in [0.4, 0.5) is 10.5 Å². The van der Waals surface area contributed by atoms with E-state index in [0.717, 1.165) is 48.8 Å². The van der Waals surface area contributed by atoms with Crippen molar-refractivity contribution in [2.45, 2.75) is 31.4 Å². The summed E-state index contributed by atoms with van der Waals surface area (Å²) in [5, 5.41) is 5.10. The Bertz CT molecular complexity index is 994. The molecule has 0 unspecified atom stereocenters. The molecule has 0 spiro atoms. The summed E-state index contributed by atoms with van der Waals surface area (Å²) in [6.07, 6.45) is 6.30. The smallest absolute Gasteiger partial charge is 0.411 e. The van der Waals surface area contributed by atoms with E-state index in [1.54, 1.807) is 6.20 Å². The molecular weight excluding hydrogens is 362 g/mol. The van der Waals surface area contributed by atoms with Gasteiger partial charge in [0.25, 0.3) is 0 Å². The second kappa shape index (κ2) is 7.84. The van der Waals surface area contributed by atoms with Crippen LogP contribution in [0.15, 0.2) is 67.0 Å². The Morgan fingerprint density at radius 3 is 2.72 bits per heavy atom. The maximum Gasteiger partial charge on any atom is 0.411 e. The molecule has 148 valence electrons. The minimum atomic E-state index is -0.365. The molecule has 3 aliphatic heterocycles. The number of benzene rings is 2. The molecule has 0 radical (unpaired) electrons. The standard InChI is InChI=1S/C24H25N3O2/c28-24(26-21-9-3-7-18-6-1-2-8-20(18)21)29-23-19-10-13-27(14-11-19)22(23)15-17-5-4-12-25-16-17/h1-9,12,16,19,22-23H,10-11,13-15H2,(H,26,28)/t22-,23-/m0/s1. The maximum absolute atomic E-state index is 12.8.